The van der Waals surface area contributed by atoms with E-state index >= 15 is 0 Å². The SMILES string of the molecule is CCCC1CCC(C2C(CCC)C(C)CC3CCCC32)CC1. The zero-order valence-corrected chi connectivity index (χ0v) is 15.5. The highest BCUT2D eigenvalue weighted by Gasteiger charge is 2.47. The summed E-state index contributed by atoms with van der Waals surface area (Å²) >= 11 is 0. The van der Waals surface area contributed by atoms with Crippen molar-refractivity contribution in [2.75, 3.05) is 0 Å². The summed E-state index contributed by atoms with van der Waals surface area (Å²) in [5, 5.41) is 0. The molecule has 3 rings (SSSR count). The number of rotatable bonds is 5. The van der Waals surface area contributed by atoms with Crippen LogP contribution in [0.2, 0.25) is 0 Å². The van der Waals surface area contributed by atoms with Gasteiger partial charge in [0.15, 0.2) is 0 Å². The Balaban J connectivity index is 1.69. The topological polar surface area (TPSA) is 0 Å². The van der Waals surface area contributed by atoms with E-state index in [9.17, 15) is 0 Å². The Morgan fingerprint density at radius 3 is 2.18 bits per heavy atom. The lowest BCUT2D eigenvalue weighted by Crippen LogP contribution is -2.42. The largest absolute Gasteiger partial charge is 0.0654 e. The van der Waals surface area contributed by atoms with Crippen LogP contribution < -0.4 is 0 Å². The number of hydrogen-bond acceptors (Lipinski definition) is 0. The summed E-state index contributed by atoms with van der Waals surface area (Å²) in [5.41, 5.74) is 0. The molecule has 3 aliphatic carbocycles. The minimum Gasteiger partial charge on any atom is -0.0654 e. The summed E-state index contributed by atoms with van der Waals surface area (Å²) in [5.74, 6) is 7.60. The molecule has 3 fully saturated rings. The van der Waals surface area contributed by atoms with Crippen molar-refractivity contribution < 1.29 is 0 Å². The van der Waals surface area contributed by atoms with E-state index in [1.165, 1.54) is 25.7 Å². The molecule has 0 bridgehead atoms. The summed E-state index contributed by atoms with van der Waals surface area (Å²) in [6.45, 7) is 7.39. The summed E-state index contributed by atoms with van der Waals surface area (Å²) < 4.78 is 0. The lowest BCUT2D eigenvalue weighted by Gasteiger charge is -2.49. The molecule has 0 aromatic carbocycles. The normalized spacial score (nSPS) is 45.7. The van der Waals surface area contributed by atoms with E-state index in [0.29, 0.717) is 0 Å². The molecule has 0 radical (unpaired) electrons. The van der Waals surface area contributed by atoms with E-state index in [0.717, 1.165) is 41.4 Å². The van der Waals surface area contributed by atoms with Gasteiger partial charge in [0.2, 0.25) is 0 Å². The van der Waals surface area contributed by atoms with E-state index in [1.807, 2.05) is 0 Å². The molecule has 5 atom stereocenters. The Morgan fingerprint density at radius 1 is 0.773 bits per heavy atom. The van der Waals surface area contributed by atoms with Gasteiger partial charge in [0, 0.05) is 0 Å². The van der Waals surface area contributed by atoms with Gasteiger partial charge in [-0.25, -0.2) is 0 Å². The van der Waals surface area contributed by atoms with Gasteiger partial charge in [0.05, 0.1) is 0 Å². The third kappa shape index (κ3) is 3.41. The van der Waals surface area contributed by atoms with Gasteiger partial charge >= 0.3 is 0 Å². The Labute approximate surface area is 139 Å². The molecular formula is C22H40. The highest BCUT2D eigenvalue weighted by Crippen LogP contribution is 2.56. The predicted molar refractivity (Wildman–Crippen MR) is 96.9 cm³/mol. The second-order valence-electron chi connectivity index (χ2n) is 9.17. The third-order valence-electron chi connectivity index (χ3n) is 7.87. The van der Waals surface area contributed by atoms with Crippen LogP contribution in [0.15, 0.2) is 0 Å². The summed E-state index contributed by atoms with van der Waals surface area (Å²) in [4.78, 5) is 0. The molecule has 0 heterocycles. The smallest absolute Gasteiger partial charge is 0.0324 e. The quantitative estimate of drug-likeness (QED) is 0.509. The fourth-order valence-corrected chi connectivity index (χ4v) is 6.99. The van der Waals surface area contributed by atoms with Crippen LogP contribution in [0, 0.1) is 41.4 Å². The fraction of sp³-hybridized carbons (Fsp3) is 1.00. The van der Waals surface area contributed by atoms with Crippen LogP contribution in [-0.4, -0.2) is 0 Å². The van der Waals surface area contributed by atoms with Gasteiger partial charge < -0.3 is 0 Å². The molecule has 0 spiro atoms. The van der Waals surface area contributed by atoms with E-state index in [2.05, 4.69) is 20.8 Å². The molecule has 5 unspecified atom stereocenters. The second-order valence-corrected chi connectivity index (χ2v) is 9.17. The van der Waals surface area contributed by atoms with Crippen molar-refractivity contribution in [1.29, 1.82) is 0 Å². The first-order chi connectivity index (χ1) is 10.7. The minimum absolute atomic E-state index is 1.01. The average Bonchev–Trinajstić information content (AvgIpc) is 2.97. The van der Waals surface area contributed by atoms with Crippen molar-refractivity contribution in [2.24, 2.45) is 41.4 Å². The van der Waals surface area contributed by atoms with Gasteiger partial charge in [-0.15, -0.1) is 0 Å². The summed E-state index contributed by atoms with van der Waals surface area (Å²) in [7, 11) is 0. The van der Waals surface area contributed by atoms with Gasteiger partial charge in [-0.1, -0.05) is 72.1 Å². The average molecular weight is 305 g/mol. The van der Waals surface area contributed by atoms with E-state index in [1.54, 1.807) is 51.4 Å². The molecule has 3 aliphatic rings. The van der Waals surface area contributed by atoms with Crippen LogP contribution in [0.3, 0.4) is 0 Å². The zero-order chi connectivity index (χ0) is 15.5. The molecular weight excluding hydrogens is 264 g/mol. The fourth-order valence-electron chi connectivity index (χ4n) is 6.99. The highest BCUT2D eigenvalue weighted by atomic mass is 14.5. The summed E-state index contributed by atoms with van der Waals surface area (Å²) in [6, 6.07) is 0. The zero-order valence-electron chi connectivity index (χ0n) is 15.5. The highest BCUT2D eigenvalue weighted by molar-refractivity contribution is 4.97. The van der Waals surface area contributed by atoms with Crippen LogP contribution in [0.25, 0.3) is 0 Å². The Morgan fingerprint density at radius 2 is 1.50 bits per heavy atom. The van der Waals surface area contributed by atoms with E-state index in [4.69, 9.17) is 0 Å². The Hall–Kier alpha value is 0. The van der Waals surface area contributed by atoms with Crippen LogP contribution >= 0.6 is 0 Å². The van der Waals surface area contributed by atoms with Crippen molar-refractivity contribution in [1.82, 2.24) is 0 Å². The van der Waals surface area contributed by atoms with Crippen molar-refractivity contribution >= 4 is 0 Å². The first kappa shape index (κ1) is 16.8. The van der Waals surface area contributed by atoms with Gasteiger partial charge in [0.1, 0.15) is 0 Å². The molecule has 0 N–H and O–H groups in total. The monoisotopic (exact) mass is 304 g/mol. The maximum absolute atomic E-state index is 2.60. The van der Waals surface area contributed by atoms with Crippen LogP contribution in [0.5, 0.6) is 0 Å². The molecule has 0 heteroatoms. The van der Waals surface area contributed by atoms with Crippen molar-refractivity contribution in [2.45, 2.75) is 97.8 Å². The molecule has 0 aromatic rings. The molecule has 0 saturated heterocycles. The van der Waals surface area contributed by atoms with Crippen molar-refractivity contribution in [3.63, 3.8) is 0 Å². The maximum Gasteiger partial charge on any atom is -0.0324 e. The second kappa shape index (κ2) is 7.71. The predicted octanol–water partition coefficient (Wildman–Crippen LogP) is 7.08. The van der Waals surface area contributed by atoms with Gasteiger partial charge in [-0.2, -0.15) is 0 Å². The van der Waals surface area contributed by atoms with E-state index in [-0.39, 0.29) is 0 Å². The molecule has 0 aliphatic heterocycles. The lowest BCUT2D eigenvalue weighted by molar-refractivity contribution is -0.00223. The van der Waals surface area contributed by atoms with E-state index < -0.39 is 0 Å². The van der Waals surface area contributed by atoms with Crippen molar-refractivity contribution in [3.05, 3.63) is 0 Å². The standard InChI is InChI=1S/C22H40/c1-4-7-17-11-13-18(14-12-17)22-20(8-5-2)16(3)15-19-9-6-10-21(19)22/h16-22H,4-15H2,1-3H3. The molecule has 128 valence electrons. The minimum atomic E-state index is 1.01. The first-order valence-electron chi connectivity index (χ1n) is 10.7. The van der Waals surface area contributed by atoms with Crippen LogP contribution in [-0.2, 0) is 0 Å². The lowest BCUT2D eigenvalue weighted by atomic mass is 9.56. The molecule has 22 heavy (non-hydrogen) atoms. The Kier molecular flexibility index (Phi) is 5.91. The number of hydrogen-bond donors (Lipinski definition) is 0. The molecule has 0 amide bonds. The van der Waals surface area contributed by atoms with Crippen molar-refractivity contribution in [3.8, 4) is 0 Å². The Bertz CT molecular complexity index is 325. The number of fused-ring (bicyclic) bond motifs is 1. The molecule has 0 nitrogen and oxygen atoms in total. The summed E-state index contributed by atoms with van der Waals surface area (Å²) in [6.07, 6.45) is 18.3. The van der Waals surface area contributed by atoms with Gasteiger partial charge in [-0.3, -0.25) is 0 Å². The van der Waals surface area contributed by atoms with Crippen LogP contribution in [0.4, 0.5) is 0 Å². The third-order valence-corrected chi connectivity index (χ3v) is 7.87. The molecule has 0 aromatic heterocycles. The van der Waals surface area contributed by atoms with Gasteiger partial charge in [-0.05, 0) is 67.1 Å². The first-order valence-corrected chi connectivity index (χ1v) is 10.7. The van der Waals surface area contributed by atoms with Crippen LogP contribution in [0.1, 0.15) is 97.8 Å². The molecule has 3 saturated carbocycles. The van der Waals surface area contributed by atoms with Gasteiger partial charge in [0.25, 0.3) is 0 Å². The maximum atomic E-state index is 2.60.